The van der Waals surface area contributed by atoms with E-state index in [0.717, 1.165) is 29.7 Å². The van der Waals surface area contributed by atoms with Gasteiger partial charge in [-0.15, -0.1) is 0 Å². The zero-order valence-electron chi connectivity index (χ0n) is 18.0. The van der Waals surface area contributed by atoms with Crippen molar-refractivity contribution >= 4 is 40.9 Å². The van der Waals surface area contributed by atoms with E-state index in [0.29, 0.717) is 28.9 Å². The topological polar surface area (TPSA) is 79.9 Å². The molecule has 1 saturated carbocycles. The fourth-order valence-corrected chi connectivity index (χ4v) is 3.77. The van der Waals surface area contributed by atoms with E-state index in [2.05, 4.69) is 10.6 Å². The van der Waals surface area contributed by atoms with Crippen molar-refractivity contribution in [3.05, 3.63) is 59.3 Å². The van der Waals surface area contributed by atoms with Gasteiger partial charge in [0.25, 0.3) is 11.8 Å². The molecule has 1 saturated heterocycles. The molecule has 2 N–H and O–H groups in total. The van der Waals surface area contributed by atoms with Crippen molar-refractivity contribution in [3.63, 3.8) is 0 Å². The molecule has 8 heteroatoms. The van der Waals surface area contributed by atoms with Crippen molar-refractivity contribution in [1.29, 1.82) is 0 Å². The predicted molar refractivity (Wildman–Crippen MR) is 126 cm³/mol. The predicted octanol–water partition coefficient (Wildman–Crippen LogP) is 3.63. The Balaban J connectivity index is 1.45. The standard InChI is InChI=1S/C24H25N3O4S/c1-3-30-21-13-16(12-19-23(29)27(17-9-10-17)24(32)26-19)8-11-20(21)31-14-22(28)25-18-7-5-4-6-15(18)2/h4-8,11-13,17H,3,9-10,14H2,1-2H3,(H,25,28)(H,26,32)/b19-12+. The third-order valence-electron chi connectivity index (χ3n) is 5.18. The number of nitrogens with one attached hydrogen (secondary N) is 2. The summed E-state index contributed by atoms with van der Waals surface area (Å²) >= 11 is 5.30. The molecule has 0 bridgehead atoms. The quantitative estimate of drug-likeness (QED) is 0.471. The van der Waals surface area contributed by atoms with Crippen molar-refractivity contribution in [1.82, 2.24) is 10.2 Å². The van der Waals surface area contributed by atoms with E-state index in [1.807, 2.05) is 44.2 Å². The molecule has 1 aliphatic heterocycles. The number of hydrogen-bond acceptors (Lipinski definition) is 5. The van der Waals surface area contributed by atoms with E-state index in [1.165, 1.54) is 0 Å². The highest BCUT2D eigenvalue weighted by molar-refractivity contribution is 7.80. The van der Waals surface area contributed by atoms with Gasteiger partial charge in [-0.05, 0) is 74.3 Å². The van der Waals surface area contributed by atoms with Crippen molar-refractivity contribution in [2.45, 2.75) is 32.7 Å². The van der Waals surface area contributed by atoms with E-state index in [9.17, 15) is 9.59 Å². The van der Waals surface area contributed by atoms with Crippen LogP contribution in [0.25, 0.3) is 6.08 Å². The summed E-state index contributed by atoms with van der Waals surface area (Å²) in [6.45, 7) is 4.08. The molecule has 2 amide bonds. The monoisotopic (exact) mass is 451 g/mol. The average Bonchev–Trinajstić information content (AvgIpc) is 3.55. The van der Waals surface area contributed by atoms with Crippen LogP contribution in [-0.2, 0) is 9.59 Å². The Bertz CT molecular complexity index is 1090. The minimum atomic E-state index is -0.262. The highest BCUT2D eigenvalue weighted by atomic mass is 32.1. The van der Waals surface area contributed by atoms with E-state index >= 15 is 0 Å². The Kier molecular flexibility index (Phi) is 6.41. The minimum absolute atomic E-state index is 0.108. The number of carbonyl (C=O) groups is 2. The van der Waals surface area contributed by atoms with Crippen LogP contribution in [0.15, 0.2) is 48.2 Å². The van der Waals surface area contributed by atoms with Crippen molar-refractivity contribution in [3.8, 4) is 11.5 Å². The van der Waals surface area contributed by atoms with Gasteiger partial charge >= 0.3 is 0 Å². The second-order valence-electron chi connectivity index (χ2n) is 7.69. The summed E-state index contributed by atoms with van der Waals surface area (Å²) in [5, 5.41) is 6.30. The van der Waals surface area contributed by atoms with E-state index < -0.39 is 0 Å². The Hall–Kier alpha value is -3.39. The van der Waals surface area contributed by atoms with E-state index in [-0.39, 0.29) is 24.5 Å². The summed E-state index contributed by atoms with van der Waals surface area (Å²) in [6, 6.07) is 13.1. The molecule has 0 radical (unpaired) electrons. The number of para-hydroxylation sites is 1. The van der Waals surface area contributed by atoms with Crippen LogP contribution in [0.5, 0.6) is 11.5 Å². The average molecular weight is 452 g/mol. The molecule has 2 aliphatic rings. The lowest BCUT2D eigenvalue weighted by Crippen LogP contribution is -2.32. The fraction of sp³-hybridized carbons (Fsp3) is 0.292. The highest BCUT2D eigenvalue weighted by Crippen LogP contribution is 2.32. The first-order chi connectivity index (χ1) is 15.5. The molecule has 2 aromatic rings. The molecule has 4 rings (SSSR count). The normalized spacial score (nSPS) is 16.8. The number of aryl methyl sites for hydroxylation is 1. The molecule has 2 fully saturated rings. The Morgan fingerprint density at radius 2 is 2.00 bits per heavy atom. The summed E-state index contributed by atoms with van der Waals surface area (Å²) in [7, 11) is 0. The Morgan fingerprint density at radius 3 is 2.72 bits per heavy atom. The van der Waals surface area contributed by atoms with Crippen molar-refractivity contribution in [2.75, 3.05) is 18.5 Å². The number of anilines is 1. The molecule has 1 aliphatic carbocycles. The zero-order valence-corrected chi connectivity index (χ0v) is 18.8. The molecule has 0 atom stereocenters. The molecule has 32 heavy (non-hydrogen) atoms. The summed E-state index contributed by atoms with van der Waals surface area (Å²) < 4.78 is 11.4. The van der Waals surface area contributed by atoms with Gasteiger partial charge in [-0.25, -0.2) is 0 Å². The summed E-state index contributed by atoms with van der Waals surface area (Å²) in [4.78, 5) is 26.6. The number of benzene rings is 2. The molecule has 0 aromatic heterocycles. The molecule has 0 spiro atoms. The van der Waals surface area contributed by atoms with Gasteiger partial charge in [0.15, 0.2) is 23.2 Å². The van der Waals surface area contributed by atoms with Crippen LogP contribution in [0.4, 0.5) is 5.69 Å². The third kappa shape index (κ3) is 4.91. The maximum atomic E-state index is 12.6. The minimum Gasteiger partial charge on any atom is -0.490 e. The lowest BCUT2D eigenvalue weighted by molar-refractivity contribution is -0.122. The highest BCUT2D eigenvalue weighted by Gasteiger charge is 2.41. The maximum Gasteiger partial charge on any atom is 0.276 e. The zero-order chi connectivity index (χ0) is 22.7. The second-order valence-corrected chi connectivity index (χ2v) is 8.07. The molecule has 0 unspecified atom stereocenters. The lowest BCUT2D eigenvalue weighted by Gasteiger charge is -2.13. The number of amides is 2. The SMILES string of the molecule is CCOc1cc(/C=C2/NC(=S)N(C3CC3)C2=O)ccc1OCC(=O)Nc1ccccc1C. The van der Waals surface area contributed by atoms with Gasteiger partial charge in [-0.1, -0.05) is 24.3 Å². The summed E-state index contributed by atoms with van der Waals surface area (Å²) in [5.74, 6) is 0.582. The first-order valence-electron chi connectivity index (χ1n) is 10.6. The Labute approximate surface area is 192 Å². The van der Waals surface area contributed by atoms with Crippen LogP contribution in [0.2, 0.25) is 0 Å². The molecule has 1 heterocycles. The Morgan fingerprint density at radius 1 is 1.22 bits per heavy atom. The van der Waals surface area contributed by atoms with Gasteiger partial charge in [0, 0.05) is 11.7 Å². The van der Waals surface area contributed by atoms with Crippen molar-refractivity contribution in [2.24, 2.45) is 0 Å². The van der Waals surface area contributed by atoms with Gasteiger partial charge in [0.1, 0.15) is 5.70 Å². The molecule has 7 nitrogen and oxygen atoms in total. The third-order valence-corrected chi connectivity index (χ3v) is 5.48. The largest absolute Gasteiger partial charge is 0.490 e. The van der Waals surface area contributed by atoms with E-state index in [1.54, 1.807) is 23.1 Å². The van der Waals surface area contributed by atoms with Crippen LogP contribution in [0, 0.1) is 6.92 Å². The van der Waals surface area contributed by atoms with Gasteiger partial charge in [0.05, 0.1) is 6.61 Å². The summed E-state index contributed by atoms with van der Waals surface area (Å²) in [5.41, 5.74) is 2.93. The summed E-state index contributed by atoms with van der Waals surface area (Å²) in [6.07, 6.45) is 3.71. The fourth-order valence-electron chi connectivity index (χ4n) is 3.42. The molecular weight excluding hydrogens is 426 g/mol. The number of thiocarbonyl (C=S) groups is 1. The van der Waals surface area contributed by atoms with Gasteiger partial charge in [-0.3, -0.25) is 14.5 Å². The number of nitrogens with zero attached hydrogens (tertiary/aromatic N) is 1. The molecule has 2 aromatic carbocycles. The van der Waals surface area contributed by atoms with Crippen LogP contribution >= 0.6 is 12.2 Å². The first-order valence-corrected chi connectivity index (χ1v) is 11.0. The molecule has 166 valence electrons. The van der Waals surface area contributed by atoms with E-state index in [4.69, 9.17) is 21.7 Å². The number of ether oxygens (including phenoxy) is 2. The number of carbonyl (C=O) groups excluding carboxylic acids is 2. The maximum absolute atomic E-state index is 12.6. The van der Waals surface area contributed by atoms with Gasteiger partial charge in [0.2, 0.25) is 0 Å². The number of hydrogen-bond donors (Lipinski definition) is 2. The smallest absolute Gasteiger partial charge is 0.276 e. The van der Waals surface area contributed by atoms with Gasteiger partial charge in [-0.2, -0.15) is 0 Å². The van der Waals surface area contributed by atoms with Crippen LogP contribution in [-0.4, -0.2) is 41.1 Å². The first kappa shape index (κ1) is 21.8. The number of rotatable bonds is 8. The van der Waals surface area contributed by atoms with Crippen LogP contribution < -0.4 is 20.1 Å². The van der Waals surface area contributed by atoms with Crippen LogP contribution in [0.1, 0.15) is 30.9 Å². The van der Waals surface area contributed by atoms with Crippen molar-refractivity contribution < 1.29 is 19.1 Å². The van der Waals surface area contributed by atoms with Crippen LogP contribution in [0.3, 0.4) is 0 Å². The second kappa shape index (κ2) is 9.40. The molecular formula is C24H25N3O4S. The van der Waals surface area contributed by atoms with Gasteiger partial charge < -0.3 is 20.1 Å². The lowest BCUT2D eigenvalue weighted by atomic mass is 10.1.